The second-order valence-electron chi connectivity index (χ2n) is 6.19. The van der Waals surface area contributed by atoms with Gasteiger partial charge in [0.25, 0.3) is 0 Å². The summed E-state index contributed by atoms with van der Waals surface area (Å²) in [6.07, 6.45) is 0. The highest BCUT2D eigenvalue weighted by Crippen LogP contribution is 2.27. The summed E-state index contributed by atoms with van der Waals surface area (Å²) < 4.78 is 14.5. The molecule has 0 aliphatic carbocycles. The maximum Gasteiger partial charge on any atom is 0.231 e. The zero-order valence-corrected chi connectivity index (χ0v) is 14.3. The Labute approximate surface area is 147 Å². The first kappa shape index (κ1) is 16.9. The van der Waals surface area contributed by atoms with Crippen molar-refractivity contribution >= 4 is 11.6 Å². The zero-order valence-electron chi connectivity index (χ0n) is 14.3. The minimum Gasteiger partial charge on any atom is -0.326 e. The van der Waals surface area contributed by atoms with Gasteiger partial charge < -0.3 is 5.32 Å². The predicted molar refractivity (Wildman–Crippen MR) is 100 cm³/mol. The largest absolute Gasteiger partial charge is 0.326 e. The van der Waals surface area contributed by atoms with Gasteiger partial charge in [0, 0.05) is 11.3 Å². The van der Waals surface area contributed by atoms with E-state index in [9.17, 15) is 9.18 Å². The Morgan fingerprint density at radius 2 is 1.72 bits per heavy atom. The van der Waals surface area contributed by atoms with E-state index in [0.717, 1.165) is 16.8 Å². The third kappa shape index (κ3) is 3.94. The molecule has 0 saturated carbocycles. The van der Waals surface area contributed by atoms with Crippen LogP contribution in [0.2, 0.25) is 0 Å². The molecule has 3 aromatic rings. The molecule has 0 fully saturated rings. The van der Waals surface area contributed by atoms with Crippen LogP contribution in [-0.4, -0.2) is 5.91 Å². The molecule has 3 aromatic carbocycles. The average molecular weight is 333 g/mol. The van der Waals surface area contributed by atoms with Gasteiger partial charge in [-0.15, -0.1) is 0 Å². The van der Waals surface area contributed by atoms with E-state index < -0.39 is 5.92 Å². The summed E-state index contributed by atoms with van der Waals surface area (Å²) >= 11 is 0. The molecule has 25 heavy (non-hydrogen) atoms. The minimum atomic E-state index is -0.445. The van der Waals surface area contributed by atoms with E-state index in [-0.39, 0.29) is 11.7 Å². The number of carbonyl (C=O) groups excluding carboxylic acids is 1. The van der Waals surface area contributed by atoms with Crippen molar-refractivity contribution < 1.29 is 9.18 Å². The number of rotatable bonds is 4. The third-order valence-corrected chi connectivity index (χ3v) is 4.26. The number of halogens is 1. The van der Waals surface area contributed by atoms with E-state index in [0.29, 0.717) is 11.1 Å². The summed E-state index contributed by atoms with van der Waals surface area (Å²) in [6.45, 7) is 3.75. The fourth-order valence-corrected chi connectivity index (χ4v) is 2.78. The second kappa shape index (κ2) is 7.31. The Bertz CT molecular complexity index is 890. The summed E-state index contributed by atoms with van der Waals surface area (Å²) in [4.78, 5) is 12.5. The Morgan fingerprint density at radius 3 is 2.40 bits per heavy atom. The van der Waals surface area contributed by atoms with Gasteiger partial charge in [-0.2, -0.15) is 0 Å². The molecule has 0 unspecified atom stereocenters. The van der Waals surface area contributed by atoms with Gasteiger partial charge in [-0.3, -0.25) is 4.79 Å². The quantitative estimate of drug-likeness (QED) is 0.667. The molecule has 0 bridgehead atoms. The van der Waals surface area contributed by atoms with Crippen molar-refractivity contribution in [3.8, 4) is 11.1 Å². The van der Waals surface area contributed by atoms with Crippen LogP contribution in [0.15, 0.2) is 72.8 Å². The van der Waals surface area contributed by atoms with E-state index in [1.165, 1.54) is 6.07 Å². The van der Waals surface area contributed by atoms with E-state index in [1.807, 2.05) is 67.6 Å². The van der Waals surface area contributed by atoms with Crippen LogP contribution in [0.3, 0.4) is 0 Å². The highest BCUT2D eigenvalue weighted by atomic mass is 19.1. The maximum atomic E-state index is 14.5. The number of benzene rings is 3. The number of aryl methyl sites for hydroxylation is 1. The summed E-state index contributed by atoms with van der Waals surface area (Å²) in [5.74, 6) is -0.920. The minimum absolute atomic E-state index is 0.155. The van der Waals surface area contributed by atoms with E-state index in [4.69, 9.17) is 0 Å². The van der Waals surface area contributed by atoms with Crippen LogP contribution < -0.4 is 5.32 Å². The number of anilines is 1. The molecule has 0 aliphatic heterocycles. The topological polar surface area (TPSA) is 29.1 Å². The predicted octanol–water partition coefficient (Wildman–Crippen LogP) is 5.54. The van der Waals surface area contributed by atoms with Crippen LogP contribution in [0.25, 0.3) is 11.1 Å². The molecule has 3 rings (SSSR count). The molecular formula is C22H20FNO. The standard InChI is InChI=1S/C22H20FNO/c1-15-7-6-10-19(13-15)24-22(25)16(2)18-11-12-20(21(23)14-18)17-8-4-3-5-9-17/h3-14,16H,1-2H3,(H,24,25)/t16-/m0/s1. The van der Waals surface area contributed by atoms with Crippen LogP contribution in [0.5, 0.6) is 0 Å². The van der Waals surface area contributed by atoms with Gasteiger partial charge in [0.05, 0.1) is 5.92 Å². The molecule has 2 nitrogen and oxygen atoms in total. The molecule has 0 heterocycles. The molecule has 0 aromatic heterocycles. The Morgan fingerprint density at radius 1 is 0.960 bits per heavy atom. The van der Waals surface area contributed by atoms with Crippen LogP contribution >= 0.6 is 0 Å². The highest BCUT2D eigenvalue weighted by Gasteiger charge is 2.17. The molecule has 1 amide bonds. The van der Waals surface area contributed by atoms with Crippen molar-refractivity contribution in [2.45, 2.75) is 19.8 Å². The Hall–Kier alpha value is -2.94. The van der Waals surface area contributed by atoms with Crippen LogP contribution in [0.1, 0.15) is 24.0 Å². The normalized spacial score (nSPS) is 11.8. The van der Waals surface area contributed by atoms with Crippen molar-refractivity contribution in [2.75, 3.05) is 5.32 Å². The summed E-state index contributed by atoms with van der Waals surface area (Å²) in [5, 5.41) is 2.89. The van der Waals surface area contributed by atoms with Gasteiger partial charge in [0.1, 0.15) is 5.82 Å². The second-order valence-corrected chi connectivity index (χ2v) is 6.19. The lowest BCUT2D eigenvalue weighted by Gasteiger charge is -2.14. The number of hydrogen-bond acceptors (Lipinski definition) is 1. The first-order valence-corrected chi connectivity index (χ1v) is 8.27. The molecule has 0 aliphatic rings. The van der Waals surface area contributed by atoms with Gasteiger partial charge in [0.2, 0.25) is 5.91 Å². The van der Waals surface area contributed by atoms with Crippen LogP contribution in [0.4, 0.5) is 10.1 Å². The smallest absolute Gasteiger partial charge is 0.231 e. The highest BCUT2D eigenvalue weighted by molar-refractivity contribution is 5.95. The lowest BCUT2D eigenvalue weighted by molar-refractivity contribution is -0.117. The van der Waals surface area contributed by atoms with E-state index in [1.54, 1.807) is 13.0 Å². The Balaban J connectivity index is 1.79. The molecule has 126 valence electrons. The van der Waals surface area contributed by atoms with Gasteiger partial charge >= 0.3 is 0 Å². The van der Waals surface area contributed by atoms with Gasteiger partial charge in [-0.05, 0) is 48.7 Å². The molecule has 0 saturated heterocycles. The lowest BCUT2D eigenvalue weighted by atomic mass is 9.96. The maximum absolute atomic E-state index is 14.5. The summed E-state index contributed by atoms with van der Waals surface area (Å²) in [5.41, 5.74) is 3.84. The number of hydrogen-bond donors (Lipinski definition) is 1. The number of carbonyl (C=O) groups is 1. The molecule has 0 spiro atoms. The van der Waals surface area contributed by atoms with Gasteiger partial charge in [-0.25, -0.2) is 4.39 Å². The SMILES string of the molecule is Cc1cccc(NC(=O)[C@@H](C)c2ccc(-c3ccccc3)c(F)c2)c1. The molecule has 3 heteroatoms. The first-order chi connectivity index (χ1) is 12.0. The van der Waals surface area contributed by atoms with Crippen LogP contribution in [0, 0.1) is 12.7 Å². The monoisotopic (exact) mass is 333 g/mol. The Kier molecular flexibility index (Phi) is 4.94. The van der Waals surface area contributed by atoms with E-state index in [2.05, 4.69) is 5.32 Å². The first-order valence-electron chi connectivity index (χ1n) is 8.27. The number of nitrogens with one attached hydrogen (secondary N) is 1. The van der Waals surface area contributed by atoms with Gasteiger partial charge in [0.15, 0.2) is 0 Å². The lowest BCUT2D eigenvalue weighted by Crippen LogP contribution is -2.19. The fraction of sp³-hybridized carbons (Fsp3) is 0.136. The molecule has 1 N–H and O–H groups in total. The van der Waals surface area contributed by atoms with Crippen molar-refractivity contribution in [1.82, 2.24) is 0 Å². The van der Waals surface area contributed by atoms with Crippen molar-refractivity contribution in [2.24, 2.45) is 0 Å². The van der Waals surface area contributed by atoms with Crippen LogP contribution in [-0.2, 0) is 4.79 Å². The summed E-state index contributed by atoms with van der Waals surface area (Å²) in [7, 11) is 0. The van der Waals surface area contributed by atoms with E-state index >= 15 is 0 Å². The van der Waals surface area contributed by atoms with Gasteiger partial charge in [-0.1, -0.05) is 54.6 Å². The van der Waals surface area contributed by atoms with Crippen molar-refractivity contribution in [3.05, 3.63) is 89.7 Å². The zero-order chi connectivity index (χ0) is 17.8. The average Bonchev–Trinajstić information content (AvgIpc) is 2.61. The van der Waals surface area contributed by atoms with Crippen molar-refractivity contribution in [1.29, 1.82) is 0 Å². The molecular weight excluding hydrogens is 313 g/mol. The fourth-order valence-electron chi connectivity index (χ4n) is 2.78. The number of amides is 1. The molecule has 0 radical (unpaired) electrons. The third-order valence-electron chi connectivity index (χ3n) is 4.26. The molecule has 1 atom stereocenters. The van der Waals surface area contributed by atoms with Crippen molar-refractivity contribution in [3.63, 3.8) is 0 Å². The summed E-state index contributed by atoms with van der Waals surface area (Å²) in [6, 6.07) is 22.0.